The van der Waals surface area contributed by atoms with Gasteiger partial charge in [0.25, 0.3) is 0 Å². The number of halogens is 3. The van der Waals surface area contributed by atoms with Crippen LogP contribution >= 0.6 is 0 Å². The van der Waals surface area contributed by atoms with Gasteiger partial charge in [-0.15, -0.1) is 0 Å². The van der Waals surface area contributed by atoms with Crippen LogP contribution in [-0.2, 0) is 4.74 Å². The Labute approximate surface area is 88.2 Å². The first-order valence-electron chi connectivity index (χ1n) is 5.35. The first-order chi connectivity index (χ1) is 6.97. The molecule has 1 heterocycles. The predicted octanol–water partition coefficient (Wildman–Crippen LogP) is 2.34. The van der Waals surface area contributed by atoms with Crippen molar-refractivity contribution < 1.29 is 17.9 Å². The molecular weight excluding hydrogens is 207 g/mol. The third-order valence-electron chi connectivity index (χ3n) is 2.55. The Morgan fingerprint density at radius 3 is 2.73 bits per heavy atom. The Hall–Kier alpha value is -0.290. The van der Waals surface area contributed by atoms with Crippen molar-refractivity contribution in [2.45, 2.75) is 38.4 Å². The second-order valence-electron chi connectivity index (χ2n) is 4.21. The van der Waals surface area contributed by atoms with Crippen molar-refractivity contribution in [3.8, 4) is 0 Å². The van der Waals surface area contributed by atoms with Crippen LogP contribution < -0.4 is 5.32 Å². The van der Waals surface area contributed by atoms with Crippen molar-refractivity contribution in [2.75, 3.05) is 19.8 Å². The van der Waals surface area contributed by atoms with Crippen LogP contribution in [0.2, 0.25) is 0 Å². The molecule has 0 radical (unpaired) electrons. The highest BCUT2D eigenvalue weighted by molar-refractivity contribution is 4.71. The molecular formula is C10H18F3NO. The number of hydrogen-bond donors (Lipinski definition) is 1. The molecule has 0 aromatic carbocycles. The lowest BCUT2D eigenvalue weighted by Gasteiger charge is -2.24. The highest BCUT2D eigenvalue weighted by Crippen LogP contribution is 2.21. The lowest BCUT2D eigenvalue weighted by atomic mass is 10.0. The monoisotopic (exact) mass is 225 g/mol. The zero-order valence-corrected chi connectivity index (χ0v) is 8.94. The molecule has 2 nitrogen and oxygen atoms in total. The average molecular weight is 225 g/mol. The minimum Gasteiger partial charge on any atom is -0.381 e. The molecule has 1 aliphatic heterocycles. The molecule has 2 unspecified atom stereocenters. The fourth-order valence-corrected chi connectivity index (χ4v) is 1.76. The Bertz CT molecular complexity index is 178. The van der Waals surface area contributed by atoms with Crippen molar-refractivity contribution in [2.24, 2.45) is 5.92 Å². The number of hydrogen-bond acceptors (Lipinski definition) is 2. The maximum absolute atomic E-state index is 12.0. The Kier molecular flexibility index (Phi) is 4.86. The summed E-state index contributed by atoms with van der Waals surface area (Å²) in [5, 5.41) is 2.91. The highest BCUT2D eigenvalue weighted by atomic mass is 19.4. The van der Waals surface area contributed by atoms with Crippen molar-refractivity contribution in [3.05, 3.63) is 0 Å². The molecule has 0 aliphatic carbocycles. The molecule has 0 bridgehead atoms. The van der Waals surface area contributed by atoms with Gasteiger partial charge in [0.1, 0.15) is 0 Å². The largest absolute Gasteiger partial charge is 0.390 e. The standard InChI is InChI=1S/C10H18F3NO/c1-8(5-10(11,12)13)14-6-9-3-2-4-15-7-9/h8-9,14H,2-7H2,1H3. The van der Waals surface area contributed by atoms with Gasteiger partial charge in [-0.05, 0) is 25.7 Å². The number of alkyl halides is 3. The first kappa shape index (κ1) is 12.8. The SMILES string of the molecule is CC(CC(F)(F)F)NCC1CCCOC1. The normalized spacial score (nSPS) is 25.2. The van der Waals surface area contributed by atoms with Crippen LogP contribution in [0.15, 0.2) is 0 Å². The average Bonchev–Trinajstić information content (AvgIpc) is 2.14. The lowest BCUT2D eigenvalue weighted by molar-refractivity contribution is -0.139. The summed E-state index contributed by atoms with van der Waals surface area (Å²) < 4.78 is 41.3. The molecule has 1 fully saturated rings. The smallest absolute Gasteiger partial charge is 0.381 e. The van der Waals surface area contributed by atoms with E-state index in [1.165, 1.54) is 0 Å². The third-order valence-corrected chi connectivity index (χ3v) is 2.55. The van der Waals surface area contributed by atoms with E-state index in [1.807, 2.05) is 0 Å². The maximum Gasteiger partial charge on any atom is 0.390 e. The summed E-state index contributed by atoms with van der Waals surface area (Å²) in [7, 11) is 0. The number of nitrogens with one attached hydrogen (secondary N) is 1. The van der Waals surface area contributed by atoms with Gasteiger partial charge in [0.2, 0.25) is 0 Å². The molecule has 0 aromatic heterocycles. The summed E-state index contributed by atoms with van der Waals surface area (Å²) >= 11 is 0. The molecule has 15 heavy (non-hydrogen) atoms. The van der Waals surface area contributed by atoms with E-state index in [-0.39, 0.29) is 0 Å². The van der Waals surface area contributed by atoms with Crippen molar-refractivity contribution in [1.29, 1.82) is 0 Å². The molecule has 0 aromatic rings. The second-order valence-corrected chi connectivity index (χ2v) is 4.21. The molecule has 1 aliphatic rings. The van der Waals surface area contributed by atoms with E-state index in [1.54, 1.807) is 6.92 Å². The second kappa shape index (κ2) is 5.70. The van der Waals surface area contributed by atoms with Gasteiger partial charge in [-0.3, -0.25) is 0 Å². The van der Waals surface area contributed by atoms with Crippen LogP contribution in [0, 0.1) is 5.92 Å². The van der Waals surface area contributed by atoms with Crippen LogP contribution in [0.4, 0.5) is 13.2 Å². The van der Waals surface area contributed by atoms with E-state index in [0.29, 0.717) is 19.1 Å². The zero-order chi connectivity index (χ0) is 11.3. The highest BCUT2D eigenvalue weighted by Gasteiger charge is 2.30. The zero-order valence-electron chi connectivity index (χ0n) is 8.94. The van der Waals surface area contributed by atoms with Crippen LogP contribution in [-0.4, -0.2) is 32.0 Å². The predicted molar refractivity (Wildman–Crippen MR) is 51.7 cm³/mol. The third kappa shape index (κ3) is 5.99. The topological polar surface area (TPSA) is 21.3 Å². The first-order valence-corrected chi connectivity index (χ1v) is 5.35. The van der Waals surface area contributed by atoms with Crippen molar-refractivity contribution in [3.63, 3.8) is 0 Å². The van der Waals surface area contributed by atoms with Gasteiger partial charge >= 0.3 is 6.18 Å². The summed E-state index contributed by atoms with van der Waals surface area (Å²) in [5.74, 6) is 0.370. The molecule has 5 heteroatoms. The Morgan fingerprint density at radius 2 is 2.20 bits per heavy atom. The van der Waals surface area contributed by atoms with Gasteiger partial charge in [0.05, 0.1) is 13.0 Å². The van der Waals surface area contributed by atoms with E-state index < -0.39 is 18.6 Å². The molecule has 1 saturated heterocycles. The fraction of sp³-hybridized carbons (Fsp3) is 1.00. The molecule has 0 saturated carbocycles. The summed E-state index contributed by atoms with van der Waals surface area (Å²) in [5.41, 5.74) is 0. The molecule has 1 N–H and O–H groups in total. The van der Waals surface area contributed by atoms with Crippen LogP contribution in [0.25, 0.3) is 0 Å². The lowest BCUT2D eigenvalue weighted by Crippen LogP contribution is -2.37. The molecule has 90 valence electrons. The minimum atomic E-state index is -4.07. The van der Waals surface area contributed by atoms with Crippen LogP contribution in [0.1, 0.15) is 26.2 Å². The Morgan fingerprint density at radius 1 is 1.47 bits per heavy atom. The van der Waals surface area contributed by atoms with E-state index in [0.717, 1.165) is 19.4 Å². The summed E-state index contributed by atoms with van der Waals surface area (Å²) in [4.78, 5) is 0. The maximum atomic E-state index is 12.0. The summed E-state index contributed by atoms with van der Waals surface area (Å²) in [6.45, 7) is 3.65. The molecule has 0 amide bonds. The molecule has 0 spiro atoms. The number of ether oxygens (including phenoxy) is 1. The molecule has 1 rings (SSSR count). The molecule has 2 atom stereocenters. The minimum absolute atomic E-state index is 0.370. The van der Waals surface area contributed by atoms with Crippen molar-refractivity contribution in [1.82, 2.24) is 5.32 Å². The van der Waals surface area contributed by atoms with Gasteiger partial charge in [-0.1, -0.05) is 0 Å². The summed E-state index contributed by atoms with van der Waals surface area (Å²) in [6.07, 6.45) is -2.78. The van der Waals surface area contributed by atoms with Gasteiger partial charge in [-0.25, -0.2) is 0 Å². The van der Waals surface area contributed by atoms with E-state index in [9.17, 15) is 13.2 Å². The summed E-state index contributed by atoms with van der Waals surface area (Å²) in [6, 6.07) is -0.507. The fourth-order valence-electron chi connectivity index (χ4n) is 1.76. The van der Waals surface area contributed by atoms with Crippen LogP contribution in [0.3, 0.4) is 0 Å². The van der Waals surface area contributed by atoms with Crippen molar-refractivity contribution >= 4 is 0 Å². The number of rotatable bonds is 4. The van der Waals surface area contributed by atoms with E-state index in [2.05, 4.69) is 5.32 Å². The van der Waals surface area contributed by atoms with Crippen LogP contribution in [0.5, 0.6) is 0 Å². The van der Waals surface area contributed by atoms with Gasteiger partial charge in [0, 0.05) is 19.2 Å². The van der Waals surface area contributed by atoms with E-state index >= 15 is 0 Å². The Balaban J connectivity index is 2.12. The quantitative estimate of drug-likeness (QED) is 0.793. The van der Waals surface area contributed by atoms with Gasteiger partial charge < -0.3 is 10.1 Å². The van der Waals surface area contributed by atoms with Gasteiger partial charge in [0.15, 0.2) is 0 Å². The van der Waals surface area contributed by atoms with E-state index in [4.69, 9.17) is 4.74 Å². The van der Waals surface area contributed by atoms with Gasteiger partial charge in [-0.2, -0.15) is 13.2 Å².